The highest BCUT2D eigenvalue weighted by atomic mass is 32.1. The molecule has 78 valence electrons. The van der Waals surface area contributed by atoms with Crippen molar-refractivity contribution in [1.82, 2.24) is 5.32 Å². The van der Waals surface area contributed by atoms with Crippen molar-refractivity contribution < 1.29 is 0 Å². The van der Waals surface area contributed by atoms with Gasteiger partial charge in [0.25, 0.3) is 0 Å². The third-order valence-corrected chi connectivity index (χ3v) is 4.17. The maximum absolute atomic E-state index is 3.39. The summed E-state index contributed by atoms with van der Waals surface area (Å²) in [5, 5.41) is 5.71. The van der Waals surface area contributed by atoms with Gasteiger partial charge in [-0.05, 0) is 62.6 Å². The summed E-state index contributed by atoms with van der Waals surface area (Å²) in [6.45, 7) is 2.19. The lowest BCUT2D eigenvalue weighted by atomic mass is 9.99. The summed E-state index contributed by atoms with van der Waals surface area (Å²) in [7, 11) is 2.09. The van der Waals surface area contributed by atoms with Crippen LogP contribution in [0.3, 0.4) is 0 Å². The van der Waals surface area contributed by atoms with Crippen molar-refractivity contribution in [2.24, 2.45) is 5.92 Å². The molecule has 14 heavy (non-hydrogen) atoms. The van der Waals surface area contributed by atoms with Gasteiger partial charge in [0.2, 0.25) is 0 Å². The first-order chi connectivity index (χ1) is 6.78. The Balaban J connectivity index is 1.87. The van der Waals surface area contributed by atoms with Crippen molar-refractivity contribution in [1.29, 1.82) is 0 Å². The minimum Gasteiger partial charge on any atom is -0.317 e. The lowest BCUT2D eigenvalue weighted by molar-refractivity contribution is 0.510. The average molecular weight is 209 g/mol. The molecular formula is C12H19NS. The van der Waals surface area contributed by atoms with Crippen LogP contribution < -0.4 is 5.32 Å². The summed E-state index contributed by atoms with van der Waals surface area (Å²) < 4.78 is 0. The van der Waals surface area contributed by atoms with Crippen LogP contribution in [0.15, 0.2) is 11.4 Å². The zero-order valence-corrected chi connectivity index (χ0v) is 9.86. The molecular weight excluding hydrogens is 190 g/mol. The Morgan fingerprint density at radius 2 is 2.36 bits per heavy atom. The second-order valence-corrected chi connectivity index (χ2v) is 5.55. The summed E-state index contributed by atoms with van der Waals surface area (Å²) in [5.41, 5.74) is 1.55. The van der Waals surface area contributed by atoms with Gasteiger partial charge in [0.1, 0.15) is 0 Å². The molecule has 2 rings (SSSR count). The zero-order chi connectivity index (χ0) is 9.97. The molecule has 1 fully saturated rings. The van der Waals surface area contributed by atoms with E-state index in [1.54, 1.807) is 5.56 Å². The van der Waals surface area contributed by atoms with Crippen LogP contribution in [-0.4, -0.2) is 13.1 Å². The molecule has 1 saturated carbocycles. The summed E-state index contributed by atoms with van der Waals surface area (Å²) in [6.07, 6.45) is 5.43. The van der Waals surface area contributed by atoms with Crippen LogP contribution in [0.5, 0.6) is 0 Å². The molecule has 0 bridgehead atoms. The van der Waals surface area contributed by atoms with Gasteiger partial charge < -0.3 is 5.32 Å². The molecule has 0 saturated heterocycles. The lowest BCUT2D eigenvalue weighted by Crippen LogP contribution is -2.21. The molecule has 1 aliphatic carbocycles. The first kappa shape index (κ1) is 10.2. The van der Waals surface area contributed by atoms with Gasteiger partial charge in [-0.15, -0.1) is 11.3 Å². The molecule has 1 N–H and O–H groups in total. The maximum atomic E-state index is 3.39. The number of aryl methyl sites for hydroxylation is 1. The Labute approximate surface area is 90.5 Å². The van der Waals surface area contributed by atoms with Gasteiger partial charge in [-0.2, -0.15) is 0 Å². The van der Waals surface area contributed by atoms with E-state index in [4.69, 9.17) is 0 Å². The predicted molar refractivity (Wildman–Crippen MR) is 62.9 cm³/mol. The quantitative estimate of drug-likeness (QED) is 0.807. The monoisotopic (exact) mass is 209 g/mol. The number of thiophene rings is 1. The highest BCUT2D eigenvalue weighted by molar-refractivity contribution is 7.10. The lowest BCUT2D eigenvalue weighted by Gasteiger charge is -2.09. The van der Waals surface area contributed by atoms with Crippen LogP contribution in [0.4, 0.5) is 0 Å². The molecule has 0 spiro atoms. The Morgan fingerprint density at radius 1 is 1.50 bits per heavy atom. The van der Waals surface area contributed by atoms with Gasteiger partial charge in [-0.25, -0.2) is 0 Å². The molecule has 2 heteroatoms. The molecule has 0 aliphatic heterocycles. The fraction of sp³-hybridized carbons (Fsp3) is 0.667. The summed E-state index contributed by atoms with van der Waals surface area (Å²) in [5.74, 6) is 0.918. The number of hydrogen-bond donors (Lipinski definition) is 1. The Kier molecular flexibility index (Phi) is 3.24. The van der Waals surface area contributed by atoms with Crippen LogP contribution in [0.25, 0.3) is 0 Å². The fourth-order valence-electron chi connectivity index (χ4n) is 2.46. The first-order valence-electron chi connectivity index (χ1n) is 5.49. The highest BCUT2D eigenvalue weighted by Crippen LogP contribution is 2.29. The van der Waals surface area contributed by atoms with Gasteiger partial charge in [-0.3, -0.25) is 0 Å². The standard InChI is InChI=1S/C12H19NS/c1-9-5-11(8-14-9)6-10-3-4-12(7-10)13-2/h5,8,10,12-13H,3-4,6-7H2,1-2H3. The molecule has 1 aromatic heterocycles. The minimum atomic E-state index is 0.778. The third-order valence-electron chi connectivity index (χ3n) is 3.26. The number of nitrogens with one attached hydrogen (secondary N) is 1. The number of rotatable bonds is 3. The first-order valence-corrected chi connectivity index (χ1v) is 6.37. The summed E-state index contributed by atoms with van der Waals surface area (Å²) in [6, 6.07) is 3.12. The molecule has 2 unspecified atom stereocenters. The predicted octanol–water partition coefficient (Wildman–Crippen LogP) is 2.99. The fourth-order valence-corrected chi connectivity index (χ4v) is 3.18. The Hall–Kier alpha value is -0.340. The van der Waals surface area contributed by atoms with E-state index in [1.807, 2.05) is 11.3 Å². The van der Waals surface area contributed by atoms with Crippen molar-refractivity contribution >= 4 is 11.3 Å². The third kappa shape index (κ3) is 2.37. The van der Waals surface area contributed by atoms with Crippen molar-refractivity contribution in [2.75, 3.05) is 7.05 Å². The molecule has 0 radical (unpaired) electrons. The molecule has 1 nitrogen and oxygen atoms in total. The highest BCUT2D eigenvalue weighted by Gasteiger charge is 2.23. The van der Waals surface area contributed by atoms with E-state index in [1.165, 1.54) is 30.6 Å². The zero-order valence-electron chi connectivity index (χ0n) is 9.05. The molecule has 0 aromatic carbocycles. The average Bonchev–Trinajstić information content (AvgIpc) is 2.76. The van der Waals surface area contributed by atoms with E-state index in [-0.39, 0.29) is 0 Å². The SMILES string of the molecule is CNC1CCC(Cc2csc(C)c2)C1. The van der Waals surface area contributed by atoms with Crippen LogP contribution in [0.2, 0.25) is 0 Å². The normalized spacial score (nSPS) is 27.0. The van der Waals surface area contributed by atoms with E-state index < -0.39 is 0 Å². The second-order valence-electron chi connectivity index (χ2n) is 4.43. The van der Waals surface area contributed by atoms with Crippen molar-refractivity contribution in [2.45, 2.75) is 38.6 Å². The Morgan fingerprint density at radius 3 is 2.93 bits per heavy atom. The minimum absolute atomic E-state index is 0.778. The van der Waals surface area contributed by atoms with Crippen molar-refractivity contribution in [3.05, 3.63) is 21.9 Å². The van der Waals surface area contributed by atoms with Gasteiger partial charge in [0.05, 0.1) is 0 Å². The van der Waals surface area contributed by atoms with E-state index >= 15 is 0 Å². The van der Waals surface area contributed by atoms with Crippen molar-refractivity contribution in [3.8, 4) is 0 Å². The molecule has 2 atom stereocenters. The van der Waals surface area contributed by atoms with E-state index in [0.29, 0.717) is 0 Å². The van der Waals surface area contributed by atoms with E-state index in [0.717, 1.165) is 12.0 Å². The van der Waals surface area contributed by atoms with E-state index in [2.05, 4.69) is 30.7 Å². The van der Waals surface area contributed by atoms with Crippen LogP contribution >= 0.6 is 11.3 Å². The van der Waals surface area contributed by atoms with Crippen LogP contribution in [0, 0.1) is 12.8 Å². The van der Waals surface area contributed by atoms with Crippen LogP contribution in [-0.2, 0) is 6.42 Å². The Bertz CT molecular complexity index is 292. The van der Waals surface area contributed by atoms with E-state index in [9.17, 15) is 0 Å². The second kappa shape index (κ2) is 4.45. The topological polar surface area (TPSA) is 12.0 Å². The van der Waals surface area contributed by atoms with Gasteiger partial charge in [0.15, 0.2) is 0 Å². The van der Waals surface area contributed by atoms with Gasteiger partial charge in [0, 0.05) is 10.9 Å². The van der Waals surface area contributed by atoms with Crippen LogP contribution in [0.1, 0.15) is 29.7 Å². The van der Waals surface area contributed by atoms with Gasteiger partial charge >= 0.3 is 0 Å². The number of hydrogen-bond acceptors (Lipinski definition) is 2. The molecule has 1 aromatic rings. The van der Waals surface area contributed by atoms with Gasteiger partial charge in [-0.1, -0.05) is 0 Å². The molecule has 1 heterocycles. The maximum Gasteiger partial charge on any atom is 0.00669 e. The summed E-state index contributed by atoms with van der Waals surface area (Å²) in [4.78, 5) is 1.45. The summed E-state index contributed by atoms with van der Waals surface area (Å²) >= 11 is 1.88. The smallest absolute Gasteiger partial charge is 0.00669 e. The molecule has 1 aliphatic rings. The largest absolute Gasteiger partial charge is 0.317 e. The van der Waals surface area contributed by atoms with Crippen molar-refractivity contribution in [3.63, 3.8) is 0 Å². The molecule has 0 amide bonds.